The van der Waals surface area contributed by atoms with Gasteiger partial charge in [-0.25, -0.2) is 0 Å². The molecule has 0 unspecified atom stereocenters. The number of aliphatic hydroxyl groups is 1. The van der Waals surface area contributed by atoms with Crippen molar-refractivity contribution in [2.45, 2.75) is 19.4 Å². The van der Waals surface area contributed by atoms with E-state index in [-0.39, 0.29) is 12.5 Å². The number of benzene rings is 1. The van der Waals surface area contributed by atoms with Gasteiger partial charge in [0.25, 0.3) is 0 Å². The van der Waals surface area contributed by atoms with Crippen molar-refractivity contribution in [2.75, 3.05) is 33.3 Å². The summed E-state index contributed by atoms with van der Waals surface area (Å²) in [6.07, 6.45) is 1.49. The topological polar surface area (TPSA) is 43.8 Å². The molecule has 4 heteroatoms. The normalized spacial score (nSPS) is 16.3. The SMILES string of the molecule is CN1CCCN(Cc2ccccc2C#CCCO)CC1=O. The van der Waals surface area contributed by atoms with Gasteiger partial charge in [0.15, 0.2) is 0 Å². The van der Waals surface area contributed by atoms with Crippen molar-refractivity contribution in [1.29, 1.82) is 0 Å². The molecule has 1 aliphatic heterocycles. The predicted molar refractivity (Wildman–Crippen MR) is 82.6 cm³/mol. The highest BCUT2D eigenvalue weighted by molar-refractivity contribution is 5.78. The Hall–Kier alpha value is -1.83. The molecule has 2 rings (SSSR count). The van der Waals surface area contributed by atoms with E-state index in [1.54, 1.807) is 4.90 Å². The summed E-state index contributed by atoms with van der Waals surface area (Å²) in [7, 11) is 1.86. The molecule has 1 N–H and O–H groups in total. The molecule has 0 aliphatic carbocycles. The van der Waals surface area contributed by atoms with Crippen LogP contribution in [0.25, 0.3) is 0 Å². The number of amides is 1. The molecular formula is C17H22N2O2. The monoisotopic (exact) mass is 286 g/mol. The van der Waals surface area contributed by atoms with E-state index in [1.165, 1.54) is 0 Å². The van der Waals surface area contributed by atoms with Crippen LogP contribution in [-0.2, 0) is 11.3 Å². The van der Waals surface area contributed by atoms with Crippen molar-refractivity contribution in [3.63, 3.8) is 0 Å². The molecule has 0 bridgehead atoms. The molecule has 1 amide bonds. The lowest BCUT2D eigenvalue weighted by Crippen LogP contribution is -2.34. The standard InChI is InChI=1S/C17H22N2O2/c1-18-10-6-11-19(14-17(18)21)13-16-9-3-2-7-15(16)8-4-5-12-20/h2-3,7,9,20H,5-6,10-14H2,1H3. The second-order valence-electron chi connectivity index (χ2n) is 5.31. The van der Waals surface area contributed by atoms with Crippen LogP contribution in [0.5, 0.6) is 0 Å². The summed E-state index contributed by atoms with van der Waals surface area (Å²) in [6.45, 7) is 3.04. The highest BCUT2D eigenvalue weighted by atomic mass is 16.2. The van der Waals surface area contributed by atoms with Crippen molar-refractivity contribution < 1.29 is 9.90 Å². The molecule has 0 saturated carbocycles. The first-order chi connectivity index (χ1) is 10.2. The summed E-state index contributed by atoms with van der Waals surface area (Å²) >= 11 is 0. The van der Waals surface area contributed by atoms with Crippen molar-refractivity contribution in [2.24, 2.45) is 0 Å². The minimum Gasteiger partial charge on any atom is -0.395 e. The summed E-state index contributed by atoms with van der Waals surface area (Å²) in [5.74, 6) is 6.25. The maximum atomic E-state index is 11.9. The van der Waals surface area contributed by atoms with Gasteiger partial charge < -0.3 is 10.0 Å². The highest BCUT2D eigenvalue weighted by Crippen LogP contribution is 2.13. The number of aliphatic hydroxyl groups excluding tert-OH is 1. The molecule has 1 heterocycles. The Morgan fingerprint density at radius 1 is 1.29 bits per heavy atom. The minimum atomic E-state index is 0.0854. The van der Waals surface area contributed by atoms with E-state index in [2.05, 4.69) is 22.8 Å². The van der Waals surface area contributed by atoms with Gasteiger partial charge in [-0.2, -0.15) is 0 Å². The first-order valence-electron chi connectivity index (χ1n) is 7.34. The van der Waals surface area contributed by atoms with Crippen LogP contribution in [0.1, 0.15) is 24.0 Å². The maximum Gasteiger partial charge on any atom is 0.236 e. The van der Waals surface area contributed by atoms with Crippen LogP contribution in [0.15, 0.2) is 24.3 Å². The zero-order valence-corrected chi connectivity index (χ0v) is 12.5. The number of rotatable bonds is 3. The molecule has 1 saturated heterocycles. The van der Waals surface area contributed by atoms with E-state index in [1.807, 2.05) is 25.2 Å². The average Bonchev–Trinajstić information content (AvgIpc) is 2.63. The maximum absolute atomic E-state index is 11.9. The molecule has 0 atom stereocenters. The second kappa shape index (κ2) is 7.82. The van der Waals surface area contributed by atoms with Crippen LogP contribution < -0.4 is 0 Å². The van der Waals surface area contributed by atoms with Crippen LogP contribution in [0, 0.1) is 11.8 Å². The van der Waals surface area contributed by atoms with E-state index in [4.69, 9.17) is 5.11 Å². The number of carbonyl (C=O) groups is 1. The van der Waals surface area contributed by atoms with E-state index in [9.17, 15) is 4.79 Å². The zero-order chi connectivity index (χ0) is 15.1. The Bertz CT molecular complexity index is 545. The van der Waals surface area contributed by atoms with Gasteiger partial charge in [0, 0.05) is 38.7 Å². The van der Waals surface area contributed by atoms with Gasteiger partial charge in [0.2, 0.25) is 5.91 Å². The van der Waals surface area contributed by atoms with Gasteiger partial charge >= 0.3 is 0 Å². The Labute approximate surface area is 126 Å². The lowest BCUT2D eigenvalue weighted by molar-refractivity contribution is -0.130. The lowest BCUT2D eigenvalue weighted by atomic mass is 10.1. The quantitative estimate of drug-likeness (QED) is 0.846. The van der Waals surface area contributed by atoms with E-state index in [0.29, 0.717) is 13.0 Å². The van der Waals surface area contributed by atoms with Crippen molar-refractivity contribution in [1.82, 2.24) is 9.80 Å². The second-order valence-corrected chi connectivity index (χ2v) is 5.31. The van der Waals surface area contributed by atoms with Crippen molar-refractivity contribution in [3.05, 3.63) is 35.4 Å². The Morgan fingerprint density at radius 2 is 2.10 bits per heavy atom. The Kier molecular flexibility index (Phi) is 5.79. The summed E-state index contributed by atoms with van der Waals surface area (Å²) in [4.78, 5) is 15.9. The van der Waals surface area contributed by atoms with Crippen LogP contribution in [0.2, 0.25) is 0 Å². The van der Waals surface area contributed by atoms with Gasteiger partial charge in [-0.15, -0.1) is 0 Å². The first-order valence-corrected chi connectivity index (χ1v) is 7.34. The number of carbonyl (C=O) groups excluding carboxylic acids is 1. The molecule has 1 aromatic rings. The molecule has 0 spiro atoms. The summed E-state index contributed by atoms with van der Waals surface area (Å²) in [6, 6.07) is 8.01. The zero-order valence-electron chi connectivity index (χ0n) is 12.5. The predicted octanol–water partition coefficient (Wildman–Crippen LogP) is 1.08. The number of hydrogen-bond acceptors (Lipinski definition) is 3. The summed E-state index contributed by atoms with van der Waals surface area (Å²) < 4.78 is 0. The minimum absolute atomic E-state index is 0.0854. The highest BCUT2D eigenvalue weighted by Gasteiger charge is 2.19. The van der Waals surface area contributed by atoms with Gasteiger partial charge in [0.05, 0.1) is 13.2 Å². The van der Waals surface area contributed by atoms with E-state index in [0.717, 1.165) is 37.2 Å². The third-order valence-electron chi connectivity index (χ3n) is 3.62. The molecule has 21 heavy (non-hydrogen) atoms. The smallest absolute Gasteiger partial charge is 0.236 e. The molecule has 4 nitrogen and oxygen atoms in total. The third-order valence-corrected chi connectivity index (χ3v) is 3.62. The number of hydrogen-bond donors (Lipinski definition) is 1. The molecule has 112 valence electrons. The van der Waals surface area contributed by atoms with Crippen molar-refractivity contribution in [3.8, 4) is 11.8 Å². The van der Waals surface area contributed by atoms with E-state index < -0.39 is 0 Å². The molecule has 0 radical (unpaired) electrons. The van der Waals surface area contributed by atoms with Gasteiger partial charge in [-0.1, -0.05) is 30.0 Å². The Morgan fingerprint density at radius 3 is 2.90 bits per heavy atom. The van der Waals surface area contributed by atoms with Crippen LogP contribution >= 0.6 is 0 Å². The van der Waals surface area contributed by atoms with Crippen LogP contribution in [0.3, 0.4) is 0 Å². The van der Waals surface area contributed by atoms with Crippen LogP contribution in [-0.4, -0.2) is 54.1 Å². The molecule has 1 aromatic carbocycles. The fourth-order valence-corrected chi connectivity index (χ4v) is 2.42. The summed E-state index contributed by atoms with van der Waals surface area (Å²) in [5.41, 5.74) is 2.12. The van der Waals surface area contributed by atoms with E-state index >= 15 is 0 Å². The molecule has 1 aliphatic rings. The van der Waals surface area contributed by atoms with Gasteiger partial charge in [-0.3, -0.25) is 9.69 Å². The first kappa shape index (κ1) is 15.6. The largest absolute Gasteiger partial charge is 0.395 e. The molecular weight excluding hydrogens is 264 g/mol. The lowest BCUT2D eigenvalue weighted by Gasteiger charge is -2.20. The number of nitrogens with zero attached hydrogens (tertiary/aromatic N) is 2. The van der Waals surface area contributed by atoms with Crippen LogP contribution in [0.4, 0.5) is 0 Å². The van der Waals surface area contributed by atoms with Crippen molar-refractivity contribution >= 4 is 5.91 Å². The molecule has 1 fully saturated rings. The fraction of sp³-hybridized carbons (Fsp3) is 0.471. The molecule has 0 aromatic heterocycles. The fourth-order valence-electron chi connectivity index (χ4n) is 2.42. The summed E-state index contributed by atoms with van der Waals surface area (Å²) in [5, 5.41) is 8.81. The van der Waals surface area contributed by atoms with Gasteiger partial charge in [0.1, 0.15) is 0 Å². The average molecular weight is 286 g/mol. The third kappa shape index (κ3) is 4.59. The number of likely N-dealkylation sites (N-methyl/N-ethyl adjacent to an activating group) is 1. The van der Waals surface area contributed by atoms with Gasteiger partial charge in [-0.05, 0) is 18.1 Å². The Balaban J connectivity index is 2.09.